The molecule has 0 saturated heterocycles. The van der Waals surface area contributed by atoms with Crippen molar-refractivity contribution in [1.29, 1.82) is 0 Å². The van der Waals surface area contributed by atoms with Crippen LogP contribution in [0.5, 0.6) is 5.75 Å². The van der Waals surface area contributed by atoms with Crippen LogP contribution in [0, 0.1) is 6.92 Å². The van der Waals surface area contributed by atoms with Crippen molar-refractivity contribution in [1.82, 2.24) is 14.9 Å². The van der Waals surface area contributed by atoms with E-state index in [4.69, 9.17) is 16.1 Å². The second kappa shape index (κ2) is 9.06. The fourth-order valence-electron chi connectivity index (χ4n) is 3.63. The average Bonchev–Trinajstić information content (AvgIpc) is 3.16. The molecule has 12 heteroatoms. The van der Waals surface area contributed by atoms with Crippen molar-refractivity contribution in [2.75, 3.05) is 5.32 Å². The summed E-state index contributed by atoms with van der Waals surface area (Å²) in [6.45, 7) is 4.50. The number of hydrogen-bond donors (Lipinski definition) is 1. The molecule has 4 rings (SSSR count). The number of carbonyl (C=O) groups is 1. The molecule has 0 fully saturated rings. The minimum Gasteiger partial charge on any atom is -0.405 e. The molecule has 2 aromatic heterocycles. The first-order chi connectivity index (χ1) is 16.4. The number of halogens is 4. The molecule has 1 atom stereocenters. The fourth-order valence-corrected chi connectivity index (χ4v) is 3.75. The lowest BCUT2D eigenvalue weighted by Crippen LogP contribution is -2.27. The lowest BCUT2D eigenvalue weighted by Gasteiger charge is -2.18. The third kappa shape index (κ3) is 4.99. The number of carbonyl (C=O) groups excluding carboxylic acids is 1. The van der Waals surface area contributed by atoms with Crippen LogP contribution in [0.3, 0.4) is 0 Å². The summed E-state index contributed by atoms with van der Waals surface area (Å²) in [6.07, 6.45) is -5.01. The number of fused-ring (bicyclic) bond motifs is 1. The van der Waals surface area contributed by atoms with Gasteiger partial charge in [0.2, 0.25) is 11.5 Å². The lowest BCUT2D eigenvalue weighted by molar-refractivity contribution is -0.274. The molecule has 1 unspecified atom stereocenters. The minimum absolute atomic E-state index is 0.0544. The summed E-state index contributed by atoms with van der Waals surface area (Å²) >= 11 is 5.96. The standard InChI is InChI=1S/C23H18ClF3N4O4/c1-11-19-21(35-30-11)20(29-31(22(19)33)12(2)14-4-6-15(24)7-5-14)17-10-16(28-13(3)32)8-9-18(17)34-23(25,26)27/h4-10,12H,1-3H3,(H,28,32). The lowest BCUT2D eigenvalue weighted by atomic mass is 10.1. The first-order valence-corrected chi connectivity index (χ1v) is 10.6. The van der Waals surface area contributed by atoms with Crippen LogP contribution in [-0.4, -0.2) is 27.2 Å². The summed E-state index contributed by atoms with van der Waals surface area (Å²) in [5.74, 6) is -1.03. The maximum absolute atomic E-state index is 13.3. The molecule has 1 N–H and O–H groups in total. The number of ether oxygens (including phenoxy) is 1. The number of amides is 1. The number of anilines is 1. The minimum atomic E-state index is -5.01. The van der Waals surface area contributed by atoms with E-state index in [1.54, 1.807) is 31.2 Å². The van der Waals surface area contributed by atoms with Crippen LogP contribution in [0.4, 0.5) is 18.9 Å². The smallest absolute Gasteiger partial charge is 0.405 e. The zero-order chi connectivity index (χ0) is 25.5. The Morgan fingerprint density at radius 2 is 1.89 bits per heavy atom. The molecule has 0 aliphatic heterocycles. The van der Waals surface area contributed by atoms with E-state index in [1.807, 2.05) is 0 Å². The predicted molar refractivity (Wildman–Crippen MR) is 122 cm³/mol. The summed E-state index contributed by atoms with van der Waals surface area (Å²) in [5, 5.41) is 11.3. The second-order valence-corrected chi connectivity index (χ2v) is 8.17. The maximum Gasteiger partial charge on any atom is 0.573 e. The molecule has 0 aliphatic carbocycles. The average molecular weight is 507 g/mol. The van der Waals surface area contributed by atoms with E-state index in [1.165, 1.54) is 26.0 Å². The topological polar surface area (TPSA) is 99.2 Å². The Morgan fingerprint density at radius 1 is 1.20 bits per heavy atom. The second-order valence-electron chi connectivity index (χ2n) is 7.74. The highest BCUT2D eigenvalue weighted by Gasteiger charge is 2.33. The number of aryl methyl sites for hydroxylation is 1. The number of alkyl halides is 3. The summed E-state index contributed by atoms with van der Waals surface area (Å²) in [6, 6.07) is 9.64. The van der Waals surface area contributed by atoms with Gasteiger partial charge in [0.1, 0.15) is 16.8 Å². The Morgan fingerprint density at radius 3 is 2.51 bits per heavy atom. The summed E-state index contributed by atoms with van der Waals surface area (Å²) < 4.78 is 50.2. The largest absolute Gasteiger partial charge is 0.573 e. The van der Waals surface area contributed by atoms with E-state index in [0.29, 0.717) is 10.6 Å². The maximum atomic E-state index is 13.3. The zero-order valence-corrected chi connectivity index (χ0v) is 19.4. The molecule has 182 valence electrons. The number of hydrogen-bond acceptors (Lipinski definition) is 6. The highest BCUT2D eigenvalue weighted by atomic mass is 35.5. The molecule has 35 heavy (non-hydrogen) atoms. The van der Waals surface area contributed by atoms with Crippen LogP contribution in [0.25, 0.3) is 22.2 Å². The van der Waals surface area contributed by atoms with E-state index >= 15 is 0 Å². The number of benzene rings is 2. The predicted octanol–water partition coefficient (Wildman–Crippen LogP) is 5.48. The van der Waals surface area contributed by atoms with Gasteiger partial charge in [-0.15, -0.1) is 13.2 Å². The van der Waals surface area contributed by atoms with Crippen molar-refractivity contribution in [3.63, 3.8) is 0 Å². The van der Waals surface area contributed by atoms with Gasteiger partial charge in [-0.3, -0.25) is 9.59 Å². The van der Waals surface area contributed by atoms with Gasteiger partial charge in [-0.25, -0.2) is 4.68 Å². The first kappa shape index (κ1) is 24.3. The Hall–Kier alpha value is -3.86. The zero-order valence-electron chi connectivity index (χ0n) is 18.6. The highest BCUT2D eigenvalue weighted by molar-refractivity contribution is 6.30. The fraction of sp³-hybridized carbons (Fsp3) is 0.217. The highest BCUT2D eigenvalue weighted by Crippen LogP contribution is 2.38. The van der Waals surface area contributed by atoms with Gasteiger partial charge in [0, 0.05) is 17.6 Å². The molecule has 4 aromatic rings. The molecule has 2 heterocycles. The molecule has 8 nitrogen and oxygen atoms in total. The van der Waals surface area contributed by atoms with Crippen molar-refractivity contribution in [3.05, 3.63) is 69.1 Å². The van der Waals surface area contributed by atoms with E-state index in [9.17, 15) is 22.8 Å². The number of rotatable bonds is 5. The van der Waals surface area contributed by atoms with E-state index < -0.39 is 29.6 Å². The normalized spacial score (nSPS) is 12.5. The van der Waals surface area contributed by atoms with E-state index in [-0.39, 0.29) is 33.6 Å². The molecule has 2 aromatic carbocycles. The van der Waals surface area contributed by atoms with Crippen molar-refractivity contribution in [2.45, 2.75) is 33.2 Å². The van der Waals surface area contributed by atoms with Gasteiger partial charge in [-0.05, 0) is 49.7 Å². The summed E-state index contributed by atoms with van der Waals surface area (Å²) in [5.41, 5.74) is 0.181. The SMILES string of the molecule is CC(=O)Nc1ccc(OC(F)(F)F)c(-c2nn(C(C)c3ccc(Cl)cc3)c(=O)c3c(C)noc23)c1. The van der Waals surface area contributed by atoms with Gasteiger partial charge in [-0.2, -0.15) is 5.10 Å². The van der Waals surface area contributed by atoms with Gasteiger partial charge in [0.25, 0.3) is 5.56 Å². The van der Waals surface area contributed by atoms with Crippen LogP contribution in [0.15, 0.2) is 51.8 Å². The van der Waals surface area contributed by atoms with Gasteiger partial charge < -0.3 is 14.6 Å². The number of nitrogens with one attached hydrogen (secondary N) is 1. The van der Waals surface area contributed by atoms with Crippen LogP contribution in [-0.2, 0) is 4.79 Å². The number of nitrogens with zero attached hydrogens (tertiary/aromatic N) is 3. The molecular weight excluding hydrogens is 489 g/mol. The summed E-state index contributed by atoms with van der Waals surface area (Å²) in [7, 11) is 0. The molecule has 1 amide bonds. The van der Waals surface area contributed by atoms with Crippen molar-refractivity contribution >= 4 is 34.2 Å². The van der Waals surface area contributed by atoms with Crippen LogP contribution < -0.4 is 15.6 Å². The third-order valence-electron chi connectivity index (χ3n) is 5.21. The van der Waals surface area contributed by atoms with Crippen molar-refractivity contribution in [3.8, 4) is 17.0 Å². The third-order valence-corrected chi connectivity index (χ3v) is 5.46. The van der Waals surface area contributed by atoms with Crippen LogP contribution >= 0.6 is 11.6 Å². The Kier molecular flexibility index (Phi) is 6.28. The van der Waals surface area contributed by atoms with Gasteiger partial charge in [-0.1, -0.05) is 28.9 Å². The van der Waals surface area contributed by atoms with Crippen LogP contribution in [0.2, 0.25) is 5.02 Å². The van der Waals surface area contributed by atoms with Gasteiger partial charge >= 0.3 is 6.36 Å². The quantitative estimate of drug-likeness (QED) is 0.385. The Balaban J connectivity index is 2.00. The van der Waals surface area contributed by atoms with E-state index in [0.717, 1.165) is 10.7 Å². The molecular formula is C23H18ClF3N4O4. The van der Waals surface area contributed by atoms with Gasteiger partial charge in [0.05, 0.1) is 17.3 Å². The van der Waals surface area contributed by atoms with Crippen LogP contribution in [0.1, 0.15) is 31.1 Å². The first-order valence-electron chi connectivity index (χ1n) is 10.3. The van der Waals surface area contributed by atoms with Crippen molar-refractivity contribution in [2.24, 2.45) is 0 Å². The molecule has 0 radical (unpaired) electrons. The Labute approximate surface area is 201 Å². The summed E-state index contributed by atoms with van der Waals surface area (Å²) in [4.78, 5) is 24.8. The molecule has 0 spiro atoms. The number of aromatic nitrogens is 3. The molecule has 0 saturated carbocycles. The van der Waals surface area contributed by atoms with Gasteiger partial charge in [0.15, 0.2) is 0 Å². The molecule has 0 bridgehead atoms. The van der Waals surface area contributed by atoms with Crippen molar-refractivity contribution < 1.29 is 27.2 Å². The molecule has 0 aliphatic rings. The Bertz CT molecular complexity index is 1480. The van der Waals surface area contributed by atoms with E-state index in [2.05, 4.69) is 20.3 Å². The monoisotopic (exact) mass is 506 g/mol.